The molecule has 2 aromatic rings. The maximum absolute atomic E-state index is 12.1. The number of ether oxygens (including phenoxy) is 2. The van der Waals surface area contributed by atoms with Crippen molar-refractivity contribution in [3.63, 3.8) is 0 Å². The average molecular weight is 372 g/mol. The normalized spacial score (nSPS) is 10.5. The summed E-state index contributed by atoms with van der Waals surface area (Å²) < 4.78 is 12.2. The third-order valence-corrected chi connectivity index (χ3v) is 4.37. The lowest BCUT2D eigenvalue weighted by molar-refractivity contribution is 0.0599. The molecule has 146 valence electrons. The van der Waals surface area contributed by atoms with Crippen LogP contribution in [0.3, 0.4) is 0 Å². The van der Waals surface area contributed by atoms with Gasteiger partial charge in [0.25, 0.3) is 0 Å². The van der Waals surface area contributed by atoms with Crippen LogP contribution >= 0.6 is 0 Å². The van der Waals surface area contributed by atoms with Gasteiger partial charge in [-0.05, 0) is 24.5 Å². The van der Waals surface area contributed by atoms with E-state index < -0.39 is 6.09 Å². The predicted molar refractivity (Wildman–Crippen MR) is 104 cm³/mol. The molecule has 0 fully saturated rings. The number of carbonyl (C=O) groups is 2. The van der Waals surface area contributed by atoms with E-state index in [9.17, 15) is 9.59 Å². The van der Waals surface area contributed by atoms with Gasteiger partial charge in [-0.3, -0.25) is 0 Å². The van der Waals surface area contributed by atoms with Crippen molar-refractivity contribution in [1.29, 1.82) is 0 Å². The molecule has 0 unspecified atom stereocenters. The number of methoxy groups -OCH3 is 1. The highest BCUT2D eigenvalue weighted by Crippen LogP contribution is 2.20. The maximum atomic E-state index is 12.1. The van der Waals surface area contributed by atoms with Gasteiger partial charge in [0, 0.05) is 24.5 Å². The molecule has 0 aliphatic rings. The molecule has 0 atom stereocenters. The van der Waals surface area contributed by atoms with Crippen molar-refractivity contribution in [2.45, 2.75) is 46.3 Å². The lowest BCUT2D eigenvalue weighted by Gasteiger charge is -2.14. The van der Waals surface area contributed by atoms with Gasteiger partial charge in [0.05, 0.1) is 12.7 Å². The van der Waals surface area contributed by atoms with E-state index in [2.05, 4.69) is 16.8 Å². The molecule has 1 N–H and O–H groups in total. The number of esters is 1. The molecule has 2 rings (SSSR count). The Kier molecular flexibility index (Phi) is 7.92. The van der Waals surface area contributed by atoms with Crippen molar-refractivity contribution in [2.24, 2.45) is 0 Å². The van der Waals surface area contributed by atoms with Gasteiger partial charge < -0.3 is 19.4 Å². The SMILES string of the molecule is CCCc1c(C(=O)OC)cc(CC)n1CCNC(=O)OCc1ccccc1. The fraction of sp³-hybridized carbons (Fsp3) is 0.429. The monoisotopic (exact) mass is 372 g/mol. The first-order valence-corrected chi connectivity index (χ1v) is 9.34. The van der Waals surface area contributed by atoms with Crippen LogP contribution < -0.4 is 5.32 Å². The Morgan fingerprint density at radius 2 is 1.89 bits per heavy atom. The minimum atomic E-state index is -0.450. The molecule has 0 saturated carbocycles. The Morgan fingerprint density at radius 3 is 2.52 bits per heavy atom. The molecule has 6 heteroatoms. The lowest BCUT2D eigenvalue weighted by Crippen LogP contribution is -2.28. The topological polar surface area (TPSA) is 69.6 Å². The number of hydrogen-bond donors (Lipinski definition) is 1. The first kappa shape index (κ1) is 20.6. The van der Waals surface area contributed by atoms with Gasteiger partial charge in [0.2, 0.25) is 0 Å². The lowest BCUT2D eigenvalue weighted by atomic mass is 10.1. The van der Waals surface area contributed by atoms with Gasteiger partial charge in [-0.1, -0.05) is 50.6 Å². The summed E-state index contributed by atoms with van der Waals surface area (Å²) in [4.78, 5) is 24.0. The molecular weight excluding hydrogens is 344 g/mol. The molecule has 0 aliphatic carbocycles. The van der Waals surface area contributed by atoms with E-state index in [1.807, 2.05) is 43.3 Å². The highest BCUT2D eigenvalue weighted by molar-refractivity contribution is 5.91. The molecule has 0 spiro atoms. The Hall–Kier alpha value is -2.76. The number of aromatic nitrogens is 1. The van der Waals surface area contributed by atoms with Crippen LogP contribution in [0, 0.1) is 0 Å². The fourth-order valence-corrected chi connectivity index (χ4v) is 3.06. The third-order valence-electron chi connectivity index (χ3n) is 4.37. The molecule has 0 bridgehead atoms. The van der Waals surface area contributed by atoms with Crippen LogP contribution in [0.25, 0.3) is 0 Å². The summed E-state index contributed by atoms with van der Waals surface area (Å²) in [5, 5.41) is 2.78. The van der Waals surface area contributed by atoms with E-state index in [0.717, 1.165) is 36.2 Å². The van der Waals surface area contributed by atoms with Crippen LogP contribution in [-0.4, -0.2) is 30.3 Å². The molecule has 1 amide bonds. The minimum absolute atomic E-state index is 0.240. The summed E-state index contributed by atoms with van der Waals surface area (Å²) in [7, 11) is 1.39. The zero-order valence-corrected chi connectivity index (χ0v) is 16.3. The number of benzene rings is 1. The van der Waals surface area contributed by atoms with Crippen LogP contribution in [0.5, 0.6) is 0 Å². The second kappa shape index (κ2) is 10.4. The van der Waals surface area contributed by atoms with E-state index in [4.69, 9.17) is 9.47 Å². The largest absolute Gasteiger partial charge is 0.465 e. The molecule has 6 nitrogen and oxygen atoms in total. The number of rotatable bonds is 9. The number of alkyl carbamates (subject to hydrolysis) is 1. The van der Waals surface area contributed by atoms with Crippen molar-refractivity contribution in [3.8, 4) is 0 Å². The van der Waals surface area contributed by atoms with E-state index in [1.165, 1.54) is 7.11 Å². The van der Waals surface area contributed by atoms with Crippen LogP contribution in [0.2, 0.25) is 0 Å². The standard InChI is InChI=1S/C21H28N2O4/c1-4-9-19-18(20(24)26-3)14-17(5-2)23(19)13-12-22-21(25)27-15-16-10-7-6-8-11-16/h6-8,10-11,14H,4-5,9,12-13,15H2,1-3H3,(H,22,25). The second-order valence-corrected chi connectivity index (χ2v) is 6.23. The first-order chi connectivity index (χ1) is 13.1. The Morgan fingerprint density at radius 1 is 1.15 bits per heavy atom. The summed E-state index contributed by atoms with van der Waals surface area (Å²) in [6.07, 6.45) is 2.05. The number of aryl methyl sites for hydroxylation is 1. The highest BCUT2D eigenvalue weighted by Gasteiger charge is 2.19. The molecule has 1 heterocycles. The summed E-state index contributed by atoms with van der Waals surface area (Å²) >= 11 is 0. The molecule has 0 saturated heterocycles. The third kappa shape index (κ3) is 5.61. The molecule has 1 aromatic carbocycles. The van der Waals surface area contributed by atoms with Crippen molar-refractivity contribution >= 4 is 12.1 Å². The zero-order chi connectivity index (χ0) is 19.6. The van der Waals surface area contributed by atoms with Gasteiger partial charge in [0.1, 0.15) is 6.61 Å². The number of amides is 1. The molecule has 0 radical (unpaired) electrons. The Balaban J connectivity index is 1.96. The number of nitrogens with one attached hydrogen (secondary N) is 1. The van der Waals surface area contributed by atoms with Crippen LogP contribution in [0.4, 0.5) is 4.79 Å². The van der Waals surface area contributed by atoms with Crippen LogP contribution in [-0.2, 0) is 35.5 Å². The number of carbonyl (C=O) groups excluding carboxylic acids is 2. The van der Waals surface area contributed by atoms with E-state index in [-0.39, 0.29) is 12.6 Å². The van der Waals surface area contributed by atoms with Crippen molar-refractivity contribution < 1.29 is 19.1 Å². The molecular formula is C21H28N2O4. The quantitative estimate of drug-likeness (QED) is 0.681. The smallest absolute Gasteiger partial charge is 0.407 e. The first-order valence-electron chi connectivity index (χ1n) is 9.34. The molecule has 0 aliphatic heterocycles. The van der Waals surface area contributed by atoms with E-state index in [1.54, 1.807) is 0 Å². The van der Waals surface area contributed by atoms with Gasteiger partial charge in [-0.2, -0.15) is 0 Å². The zero-order valence-electron chi connectivity index (χ0n) is 16.3. The van der Waals surface area contributed by atoms with Gasteiger partial charge in [0.15, 0.2) is 0 Å². The highest BCUT2D eigenvalue weighted by atomic mass is 16.5. The van der Waals surface area contributed by atoms with Crippen LogP contribution in [0.1, 0.15) is 47.6 Å². The average Bonchev–Trinajstić information content (AvgIpc) is 3.04. The van der Waals surface area contributed by atoms with E-state index in [0.29, 0.717) is 18.7 Å². The van der Waals surface area contributed by atoms with Crippen LogP contribution in [0.15, 0.2) is 36.4 Å². The van der Waals surface area contributed by atoms with Gasteiger partial charge in [-0.15, -0.1) is 0 Å². The summed E-state index contributed by atoms with van der Waals surface area (Å²) in [6, 6.07) is 11.4. The van der Waals surface area contributed by atoms with Gasteiger partial charge >= 0.3 is 12.1 Å². The predicted octanol–water partition coefficient (Wildman–Crippen LogP) is 3.72. The number of nitrogens with zero attached hydrogens (tertiary/aromatic N) is 1. The summed E-state index contributed by atoms with van der Waals surface area (Å²) in [5.74, 6) is -0.317. The molecule has 27 heavy (non-hydrogen) atoms. The maximum Gasteiger partial charge on any atom is 0.407 e. The van der Waals surface area contributed by atoms with Crippen molar-refractivity contribution in [3.05, 3.63) is 58.9 Å². The van der Waals surface area contributed by atoms with Gasteiger partial charge in [-0.25, -0.2) is 9.59 Å². The van der Waals surface area contributed by atoms with E-state index >= 15 is 0 Å². The van der Waals surface area contributed by atoms with Crippen molar-refractivity contribution in [1.82, 2.24) is 9.88 Å². The fourth-order valence-electron chi connectivity index (χ4n) is 3.06. The summed E-state index contributed by atoms with van der Waals surface area (Å²) in [6.45, 7) is 5.36. The second-order valence-electron chi connectivity index (χ2n) is 6.23. The number of hydrogen-bond acceptors (Lipinski definition) is 4. The summed E-state index contributed by atoms with van der Waals surface area (Å²) in [5.41, 5.74) is 3.57. The Labute approximate surface area is 160 Å². The minimum Gasteiger partial charge on any atom is -0.465 e. The van der Waals surface area contributed by atoms with Crippen molar-refractivity contribution in [2.75, 3.05) is 13.7 Å². The Bertz CT molecular complexity index is 753. The molecule has 1 aromatic heterocycles.